The first-order valence-corrected chi connectivity index (χ1v) is 10.2. The van der Waals surface area contributed by atoms with Crippen molar-refractivity contribution >= 4 is 23.5 Å². The normalized spacial score (nSPS) is 13.2. The van der Waals surface area contributed by atoms with Gasteiger partial charge < -0.3 is 34.1 Å². The highest BCUT2D eigenvalue weighted by atomic mass is 16.8. The van der Waals surface area contributed by atoms with Crippen LogP contribution in [0.3, 0.4) is 0 Å². The van der Waals surface area contributed by atoms with Crippen molar-refractivity contribution in [1.29, 1.82) is 0 Å². The van der Waals surface area contributed by atoms with Gasteiger partial charge in [-0.05, 0) is 60.2 Å². The minimum absolute atomic E-state index is 0.0302. The number of fused-ring (bicyclic) bond motifs is 1. The number of methoxy groups -OCH3 is 3. The van der Waals surface area contributed by atoms with Gasteiger partial charge in [-0.1, -0.05) is 0 Å². The molecule has 0 bridgehead atoms. The van der Waals surface area contributed by atoms with Crippen molar-refractivity contribution in [1.82, 2.24) is 0 Å². The van der Waals surface area contributed by atoms with Crippen LogP contribution < -0.4 is 28.9 Å². The van der Waals surface area contributed by atoms with Crippen molar-refractivity contribution in [2.75, 3.05) is 26.6 Å². The lowest BCUT2D eigenvalue weighted by atomic mass is 10.1. The highest BCUT2D eigenvalue weighted by molar-refractivity contribution is 6.14. The molecule has 1 heterocycles. The molecule has 10 nitrogen and oxygen atoms in total. The Balaban J connectivity index is 1.55. The molecule has 0 spiro atoms. The molecule has 0 saturated heterocycles. The topological polar surface area (TPSA) is 127 Å². The molecule has 0 aliphatic carbocycles. The van der Waals surface area contributed by atoms with E-state index in [9.17, 15) is 14.8 Å². The van der Waals surface area contributed by atoms with E-state index in [0.29, 0.717) is 28.4 Å². The van der Waals surface area contributed by atoms with E-state index in [1.54, 1.807) is 18.2 Å². The van der Waals surface area contributed by atoms with E-state index in [1.807, 2.05) is 0 Å². The van der Waals surface area contributed by atoms with Gasteiger partial charge in [0.15, 0.2) is 17.3 Å². The predicted molar refractivity (Wildman–Crippen MR) is 125 cm³/mol. The van der Waals surface area contributed by atoms with Gasteiger partial charge in [-0.2, -0.15) is 0 Å². The molecule has 0 amide bonds. The molecule has 0 atom stereocenters. The quantitative estimate of drug-likeness (QED) is 0.228. The zero-order valence-corrected chi connectivity index (χ0v) is 18.9. The number of allylic oxidation sites excluding steroid dienone is 1. The number of Topliss-reactive ketones (excluding diaryl/α,β-unsaturated/α-hetero) is 1. The van der Waals surface area contributed by atoms with Crippen molar-refractivity contribution in [3.63, 3.8) is 0 Å². The van der Waals surface area contributed by atoms with Crippen molar-refractivity contribution in [3.05, 3.63) is 82.3 Å². The Kier molecular flexibility index (Phi) is 6.58. The number of ketones is 1. The van der Waals surface area contributed by atoms with Crippen LogP contribution in [0.1, 0.15) is 26.3 Å². The summed E-state index contributed by atoms with van der Waals surface area (Å²) in [7, 11) is 4.47. The zero-order chi connectivity index (χ0) is 25.1. The molecule has 0 aromatic heterocycles. The Morgan fingerprint density at radius 2 is 1.63 bits per heavy atom. The number of carbonyl (C=O) groups excluding carboxylic acids is 2. The summed E-state index contributed by atoms with van der Waals surface area (Å²) in [5.41, 5.74) is 1.03. The first-order valence-electron chi connectivity index (χ1n) is 10.2. The molecule has 3 aromatic carbocycles. The maximum atomic E-state index is 12.8. The predicted octanol–water partition coefficient (Wildman–Crippen LogP) is 4.24. The maximum absolute atomic E-state index is 12.8. The van der Waals surface area contributed by atoms with E-state index in [4.69, 9.17) is 28.9 Å². The number of hydrogen-bond donors (Lipinski definition) is 1. The van der Waals surface area contributed by atoms with Gasteiger partial charge in [0.1, 0.15) is 11.5 Å². The summed E-state index contributed by atoms with van der Waals surface area (Å²) in [6.07, 6.45) is 1.54. The Labute approximate surface area is 200 Å². The lowest BCUT2D eigenvalue weighted by Crippen LogP contribution is -2.10. The molecular weight excluding hydrogens is 458 g/mol. The third-order valence-corrected chi connectivity index (χ3v) is 5.16. The largest absolute Gasteiger partial charge is 0.733 e. The summed E-state index contributed by atoms with van der Waals surface area (Å²) in [5.74, 6) is 0.694. The highest BCUT2D eigenvalue weighted by Crippen LogP contribution is 2.40. The molecular formula is C25H20NO9-. The smallest absolute Gasteiger partial charge is 0.343 e. The fraction of sp³-hybridized carbons (Fsp3) is 0.120. The number of rotatable bonds is 7. The van der Waals surface area contributed by atoms with Gasteiger partial charge in [0.25, 0.3) is 0 Å². The van der Waals surface area contributed by atoms with Crippen molar-refractivity contribution in [3.8, 4) is 28.7 Å². The standard InChI is InChI=1S/C25H20NO9/c1-31-21-11-14(12-22(32-2)24(21)33-3)10-20-23(27)18-9-8-17(13-19(18)35-20)34-25(28)15-4-6-16(7-5-15)26(29)30/h4-13,29H,1-3H3/q-1. The number of nitrogens with zero attached hydrogens (tertiary/aromatic N) is 1. The van der Waals surface area contributed by atoms with E-state index in [0.717, 1.165) is 0 Å². The summed E-state index contributed by atoms with van der Waals surface area (Å²) in [6, 6.07) is 13.0. The number of benzene rings is 3. The lowest BCUT2D eigenvalue weighted by Gasteiger charge is -2.21. The molecule has 0 radical (unpaired) electrons. The van der Waals surface area contributed by atoms with E-state index in [1.165, 1.54) is 63.8 Å². The van der Waals surface area contributed by atoms with Crippen LogP contribution in [-0.4, -0.2) is 38.3 Å². The van der Waals surface area contributed by atoms with E-state index < -0.39 is 5.97 Å². The summed E-state index contributed by atoms with van der Waals surface area (Å²) < 4.78 is 27.1. The molecule has 1 N–H and O–H groups in total. The van der Waals surface area contributed by atoms with Crippen LogP contribution >= 0.6 is 0 Å². The van der Waals surface area contributed by atoms with Crippen LogP contribution in [0, 0.1) is 5.21 Å². The summed E-state index contributed by atoms with van der Waals surface area (Å²) in [4.78, 5) is 25.2. The third-order valence-electron chi connectivity index (χ3n) is 5.16. The van der Waals surface area contributed by atoms with Gasteiger partial charge in [0, 0.05) is 6.07 Å². The van der Waals surface area contributed by atoms with E-state index >= 15 is 0 Å². The van der Waals surface area contributed by atoms with Gasteiger partial charge in [-0.3, -0.25) is 10.0 Å². The SMILES string of the molecule is COc1cc(C=C2Oc3cc(OC(=O)c4ccc(N([O-])O)cc4)ccc3C2=O)cc(OC)c1OC. The maximum Gasteiger partial charge on any atom is 0.343 e. The summed E-state index contributed by atoms with van der Waals surface area (Å²) >= 11 is 0. The molecule has 10 heteroatoms. The first kappa shape index (κ1) is 23.6. The second-order valence-electron chi connectivity index (χ2n) is 7.27. The van der Waals surface area contributed by atoms with Gasteiger partial charge in [-0.25, -0.2) is 4.79 Å². The van der Waals surface area contributed by atoms with Crippen LogP contribution in [0.25, 0.3) is 6.08 Å². The fourth-order valence-corrected chi connectivity index (χ4v) is 3.46. The Bertz CT molecular complexity index is 1290. The van der Waals surface area contributed by atoms with Crippen LogP contribution in [0.2, 0.25) is 0 Å². The number of ether oxygens (including phenoxy) is 5. The molecule has 0 saturated carbocycles. The van der Waals surface area contributed by atoms with Crippen molar-refractivity contribution in [2.45, 2.75) is 0 Å². The average Bonchev–Trinajstić information content (AvgIpc) is 3.17. The van der Waals surface area contributed by atoms with Gasteiger partial charge in [-0.15, -0.1) is 0 Å². The van der Waals surface area contributed by atoms with E-state index in [2.05, 4.69) is 0 Å². The molecule has 35 heavy (non-hydrogen) atoms. The monoisotopic (exact) mass is 478 g/mol. The number of carbonyl (C=O) groups is 2. The Hall–Kier alpha value is -4.54. The summed E-state index contributed by atoms with van der Waals surface area (Å²) in [5, 5.41) is 19.5. The molecule has 1 aliphatic rings. The minimum atomic E-state index is -0.690. The van der Waals surface area contributed by atoms with Gasteiger partial charge >= 0.3 is 5.97 Å². The van der Waals surface area contributed by atoms with Crippen molar-refractivity contribution < 1.29 is 38.5 Å². The van der Waals surface area contributed by atoms with Gasteiger partial charge in [0.05, 0.1) is 38.1 Å². The number of esters is 1. The number of anilines is 1. The van der Waals surface area contributed by atoms with Crippen LogP contribution in [0.5, 0.6) is 28.7 Å². The molecule has 1 aliphatic heterocycles. The Morgan fingerprint density at radius 3 is 2.20 bits per heavy atom. The van der Waals surface area contributed by atoms with Crippen LogP contribution in [0.15, 0.2) is 60.4 Å². The van der Waals surface area contributed by atoms with E-state index in [-0.39, 0.29) is 39.5 Å². The second kappa shape index (κ2) is 9.75. The molecule has 180 valence electrons. The van der Waals surface area contributed by atoms with Crippen molar-refractivity contribution in [2.24, 2.45) is 0 Å². The highest BCUT2D eigenvalue weighted by Gasteiger charge is 2.28. The lowest BCUT2D eigenvalue weighted by molar-refractivity contribution is 0.0734. The molecule has 0 unspecified atom stereocenters. The molecule has 4 rings (SSSR count). The molecule has 3 aromatic rings. The minimum Gasteiger partial charge on any atom is -0.733 e. The molecule has 0 fully saturated rings. The number of hydrogen-bond acceptors (Lipinski definition) is 10. The average molecular weight is 478 g/mol. The third kappa shape index (κ3) is 4.74. The van der Waals surface area contributed by atoms with Crippen LogP contribution in [-0.2, 0) is 0 Å². The Morgan fingerprint density at radius 1 is 0.971 bits per heavy atom. The summed E-state index contributed by atoms with van der Waals surface area (Å²) in [6.45, 7) is 0. The van der Waals surface area contributed by atoms with Crippen LogP contribution in [0.4, 0.5) is 5.69 Å². The first-order chi connectivity index (χ1) is 16.8. The second-order valence-corrected chi connectivity index (χ2v) is 7.27. The fourth-order valence-electron chi connectivity index (χ4n) is 3.46. The van der Waals surface area contributed by atoms with Gasteiger partial charge in [0.2, 0.25) is 11.5 Å². The zero-order valence-electron chi connectivity index (χ0n) is 18.9.